The number of H-pyrrole nitrogens is 1. The maximum Gasteiger partial charge on any atom is 0.337 e. The fraction of sp³-hybridized carbons (Fsp3) is 0.200. The molecule has 0 amide bonds. The summed E-state index contributed by atoms with van der Waals surface area (Å²) in [5.41, 5.74) is 2.13. The van der Waals surface area contributed by atoms with E-state index < -0.39 is 5.97 Å². The van der Waals surface area contributed by atoms with E-state index in [1.165, 1.54) is 13.2 Å². The summed E-state index contributed by atoms with van der Waals surface area (Å²) < 4.78 is 16.0. The number of rotatable bonds is 6. The van der Waals surface area contributed by atoms with Crippen LogP contribution in [0.4, 0.5) is 0 Å². The van der Waals surface area contributed by atoms with Gasteiger partial charge in [0.15, 0.2) is 5.75 Å². The van der Waals surface area contributed by atoms with Gasteiger partial charge in [0.25, 0.3) is 0 Å². The van der Waals surface area contributed by atoms with Crippen LogP contribution in [0.25, 0.3) is 11.3 Å². The first-order valence-corrected chi connectivity index (χ1v) is 8.40. The van der Waals surface area contributed by atoms with Gasteiger partial charge in [0.1, 0.15) is 22.9 Å². The quantitative estimate of drug-likeness (QED) is 0.637. The summed E-state index contributed by atoms with van der Waals surface area (Å²) in [6.45, 7) is 4.20. The first-order chi connectivity index (χ1) is 13.0. The van der Waals surface area contributed by atoms with Gasteiger partial charge in [-0.05, 0) is 50.2 Å². The van der Waals surface area contributed by atoms with Gasteiger partial charge < -0.3 is 19.3 Å². The molecule has 0 aliphatic rings. The second-order valence-electron chi connectivity index (χ2n) is 5.76. The Labute approximate surface area is 156 Å². The Morgan fingerprint density at radius 2 is 1.85 bits per heavy atom. The number of ether oxygens (including phenoxy) is 3. The SMILES string of the molecule is CCOc1ccc(-c2n[nH]c(C)c2Oc2ccc(C(=O)OC)cc2)c(O)c1. The van der Waals surface area contributed by atoms with E-state index in [1.807, 2.05) is 13.8 Å². The number of esters is 1. The zero-order valence-electron chi connectivity index (χ0n) is 15.3. The highest BCUT2D eigenvalue weighted by Gasteiger charge is 2.18. The lowest BCUT2D eigenvalue weighted by Gasteiger charge is -2.10. The minimum atomic E-state index is -0.416. The fourth-order valence-corrected chi connectivity index (χ4v) is 2.59. The van der Waals surface area contributed by atoms with Crippen LogP contribution < -0.4 is 9.47 Å². The minimum Gasteiger partial charge on any atom is -0.507 e. The molecule has 140 valence electrons. The highest BCUT2D eigenvalue weighted by atomic mass is 16.5. The highest BCUT2D eigenvalue weighted by Crippen LogP contribution is 2.39. The van der Waals surface area contributed by atoms with E-state index >= 15 is 0 Å². The molecule has 0 radical (unpaired) electrons. The van der Waals surface area contributed by atoms with E-state index in [0.29, 0.717) is 46.4 Å². The molecule has 2 N–H and O–H groups in total. The number of phenols is 1. The van der Waals surface area contributed by atoms with Gasteiger partial charge in [-0.3, -0.25) is 5.10 Å². The van der Waals surface area contributed by atoms with Crippen molar-refractivity contribution in [2.45, 2.75) is 13.8 Å². The van der Waals surface area contributed by atoms with Gasteiger partial charge in [-0.25, -0.2) is 4.79 Å². The second kappa shape index (κ2) is 7.82. The Bertz CT molecular complexity index is 948. The summed E-state index contributed by atoms with van der Waals surface area (Å²) >= 11 is 0. The second-order valence-corrected chi connectivity index (χ2v) is 5.76. The van der Waals surface area contributed by atoms with Gasteiger partial charge in [0, 0.05) is 11.6 Å². The molecule has 0 spiro atoms. The lowest BCUT2D eigenvalue weighted by molar-refractivity contribution is 0.0600. The Morgan fingerprint density at radius 3 is 2.48 bits per heavy atom. The first kappa shape index (κ1) is 18.3. The molecular weight excluding hydrogens is 348 g/mol. The molecule has 7 heteroatoms. The number of carbonyl (C=O) groups is 1. The van der Waals surface area contributed by atoms with Crippen molar-refractivity contribution in [1.82, 2.24) is 10.2 Å². The molecule has 0 fully saturated rings. The molecule has 1 aromatic heterocycles. The molecule has 0 saturated heterocycles. The molecule has 7 nitrogen and oxygen atoms in total. The maximum absolute atomic E-state index is 11.5. The van der Waals surface area contributed by atoms with Crippen LogP contribution in [0.2, 0.25) is 0 Å². The first-order valence-electron chi connectivity index (χ1n) is 8.40. The molecule has 0 unspecified atom stereocenters. The largest absolute Gasteiger partial charge is 0.507 e. The van der Waals surface area contributed by atoms with Gasteiger partial charge in [-0.2, -0.15) is 5.10 Å². The number of carbonyl (C=O) groups excluding carboxylic acids is 1. The Hall–Kier alpha value is -3.48. The van der Waals surface area contributed by atoms with Crippen molar-refractivity contribution in [1.29, 1.82) is 0 Å². The number of aryl methyl sites for hydroxylation is 1. The molecule has 3 aromatic rings. The molecule has 1 heterocycles. The van der Waals surface area contributed by atoms with Crippen LogP contribution in [0, 0.1) is 6.92 Å². The van der Waals surface area contributed by atoms with E-state index in [1.54, 1.807) is 36.4 Å². The van der Waals surface area contributed by atoms with Gasteiger partial charge in [0.05, 0.1) is 25.0 Å². The van der Waals surface area contributed by atoms with Gasteiger partial charge in [0.2, 0.25) is 0 Å². The van der Waals surface area contributed by atoms with Crippen LogP contribution in [0.15, 0.2) is 42.5 Å². The summed E-state index contributed by atoms with van der Waals surface area (Å²) in [4.78, 5) is 11.5. The van der Waals surface area contributed by atoms with Crippen LogP contribution in [-0.2, 0) is 4.74 Å². The number of benzene rings is 2. The molecule has 0 atom stereocenters. The highest BCUT2D eigenvalue weighted by molar-refractivity contribution is 5.89. The number of nitrogens with zero attached hydrogens (tertiary/aromatic N) is 1. The van der Waals surface area contributed by atoms with Crippen LogP contribution in [0.3, 0.4) is 0 Å². The summed E-state index contributed by atoms with van der Waals surface area (Å²) in [6.07, 6.45) is 0. The maximum atomic E-state index is 11.5. The van der Waals surface area contributed by atoms with E-state index in [2.05, 4.69) is 14.9 Å². The van der Waals surface area contributed by atoms with Crippen LogP contribution in [-0.4, -0.2) is 35.0 Å². The van der Waals surface area contributed by atoms with Crippen LogP contribution >= 0.6 is 0 Å². The third kappa shape index (κ3) is 3.87. The fourth-order valence-electron chi connectivity index (χ4n) is 2.59. The molecule has 27 heavy (non-hydrogen) atoms. The number of methoxy groups -OCH3 is 1. The minimum absolute atomic E-state index is 0.0401. The van der Waals surface area contributed by atoms with Crippen molar-refractivity contribution in [3.63, 3.8) is 0 Å². The van der Waals surface area contributed by atoms with Gasteiger partial charge >= 0.3 is 5.97 Å². The van der Waals surface area contributed by atoms with Gasteiger partial charge in [-0.15, -0.1) is 0 Å². The van der Waals surface area contributed by atoms with E-state index in [9.17, 15) is 9.90 Å². The monoisotopic (exact) mass is 368 g/mol. The molecule has 2 aromatic carbocycles. The predicted molar refractivity (Wildman–Crippen MR) is 99.5 cm³/mol. The summed E-state index contributed by atoms with van der Waals surface area (Å²) in [7, 11) is 1.33. The number of hydrogen-bond donors (Lipinski definition) is 2. The van der Waals surface area contributed by atoms with E-state index in [0.717, 1.165) is 0 Å². The zero-order chi connectivity index (χ0) is 19.4. The van der Waals surface area contributed by atoms with Crippen LogP contribution in [0.5, 0.6) is 23.0 Å². The number of phenolic OH excluding ortho intramolecular Hbond substituents is 1. The molecule has 0 aliphatic heterocycles. The number of nitrogens with one attached hydrogen (secondary N) is 1. The van der Waals surface area contributed by atoms with Crippen molar-refractivity contribution in [3.8, 4) is 34.3 Å². The normalized spacial score (nSPS) is 10.5. The molecule has 0 bridgehead atoms. The molecule has 3 rings (SSSR count). The van der Waals surface area contributed by atoms with Gasteiger partial charge in [-0.1, -0.05) is 0 Å². The van der Waals surface area contributed by atoms with E-state index in [-0.39, 0.29) is 5.75 Å². The average Bonchev–Trinajstić information content (AvgIpc) is 3.02. The Morgan fingerprint density at radius 1 is 1.15 bits per heavy atom. The zero-order valence-corrected chi connectivity index (χ0v) is 15.3. The molecule has 0 saturated carbocycles. The third-order valence-electron chi connectivity index (χ3n) is 3.92. The molecular formula is C20H20N2O5. The standard InChI is InChI=1S/C20H20N2O5/c1-4-26-15-9-10-16(17(23)11-15)18-19(12(2)21-22-18)27-14-7-5-13(6-8-14)20(24)25-3/h5-11,23H,4H2,1-3H3,(H,21,22). The van der Waals surface area contributed by atoms with Crippen molar-refractivity contribution in [2.75, 3.05) is 13.7 Å². The lowest BCUT2D eigenvalue weighted by Crippen LogP contribution is -2.00. The number of hydrogen-bond acceptors (Lipinski definition) is 6. The number of aromatic nitrogens is 2. The smallest absolute Gasteiger partial charge is 0.337 e. The Kier molecular flexibility index (Phi) is 5.30. The average molecular weight is 368 g/mol. The van der Waals surface area contributed by atoms with Crippen molar-refractivity contribution < 1.29 is 24.1 Å². The molecule has 0 aliphatic carbocycles. The van der Waals surface area contributed by atoms with E-state index in [4.69, 9.17) is 9.47 Å². The summed E-state index contributed by atoms with van der Waals surface area (Å²) in [5.74, 6) is 1.21. The summed E-state index contributed by atoms with van der Waals surface area (Å²) in [6, 6.07) is 11.6. The lowest BCUT2D eigenvalue weighted by atomic mass is 10.1. The third-order valence-corrected chi connectivity index (χ3v) is 3.92. The van der Waals surface area contributed by atoms with Crippen molar-refractivity contribution in [3.05, 3.63) is 53.7 Å². The van der Waals surface area contributed by atoms with Crippen molar-refractivity contribution in [2.24, 2.45) is 0 Å². The Balaban J connectivity index is 1.90. The predicted octanol–water partition coefficient (Wildman–Crippen LogP) is 4.07. The number of aromatic hydroxyl groups is 1. The van der Waals surface area contributed by atoms with Crippen molar-refractivity contribution >= 4 is 5.97 Å². The summed E-state index contributed by atoms with van der Waals surface area (Å²) in [5, 5.41) is 17.5. The van der Waals surface area contributed by atoms with Crippen LogP contribution in [0.1, 0.15) is 23.0 Å². The number of aromatic amines is 1. The topological polar surface area (TPSA) is 93.7 Å².